The zero-order valence-electron chi connectivity index (χ0n) is 14.6. The molecule has 1 aliphatic rings. The first-order valence-electron chi connectivity index (χ1n) is 8.67. The van der Waals surface area contributed by atoms with E-state index in [1.807, 2.05) is 48.7 Å². The maximum absolute atomic E-state index is 11.5. The van der Waals surface area contributed by atoms with Crippen molar-refractivity contribution in [2.45, 2.75) is 6.92 Å². The topological polar surface area (TPSA) is 67.4 Å². The number of carbonyl (C=O) groups is 1. The highest BCUT2D eigenvalue weighted by Crippen LogP contribution is 2.30. The first kappa shape index (κ1) is 16.5. The average Bonchev–Trinajstić information content (AvgIpc) is 2.68. The van der Waals surface area contributed by atoms with Crippen molar-refractivity contribution >= 4 is 28.4 Å². The molecule has 6 heteroatoms. The number of para-hydroxylation sites is 1. The predicted octanol–water partition coefficient (Wildman–Crippen LogP) is 3.09. The quantitative estimate of drug-likeness (QED) is 0.788. The Kier molecular flexibility index (Phi) is 4.50. The Morgan fingerprint density at radius 3 is 2.73 bits per heavy atom. The third kappa shape index (κ3) is 3.36. The van der Waals surface area contributed by atoms with Crippen molar-refractivity contribution in [3.05, 3.63) is 48.7 Å². The standard InChI is InChI=1S/C20H20N4O2/c1-14(25)22-17-5-3-2-4-16(17)15-6-7-18-19(12-15)23-20(13-21-18)24-8-10-26-11-9-24/h2-7,12-13H,8-11H2,1H3,(H,22,25). The zero-order chi connectivity index (χ0) is 17.9. The molecular weight excluding hydrogens is 328 g/mol. The summed E-state index contributed by atoms with van der Waals surface area (Å²) in [7, 11) is 0. The van der Waals surface area contributed by atoms with E-state index in [1.165, 1.54) is 6.92 Å². The van der Waals surface area contributed by atoms with Crippen LogP contribution in [0.25, 0.3) is 22.2 Å². The Balaban J connectivity index is 1.74. The summed E-state index contributed by atoms with van der Waals surface area (Å²) in [5.41, 5.74) is 4.43. The van der Waals surface area contributed by atoms with Gasteiger partial charge in [-0.25, -0.2) is 4.98 Å². The van der Waals surface area contributed by atoms with Crippen LogP contribution >= 0.6 is 0 Å². The highest BCUT2D eigenvalue weighted by atomic mass is 16.5. The van der Waals surface area contributed by atoms with E-state index in [1.54, 1.807) is 0 Å². The molecule has 0 aliphatic carbocycles. The molecule has 2 heterocycles. The van der Waals surface area contributed by atoms with E-state index in [4.69, 9.17) is 9.72 Å². The predicted molar refractivity (Wildman–Crippen MR) is 102 cm³/mol. The van der Waals surface area contributed by atoms with E-state index in [-0.39, 0.29) is 5.91 Å². The van der Waals surface area contributed by atoms with Crippen molar-refractivity contribution in [2.75, 3.05) is 36.5 Å². The summed E-state index contributed by atoms with van der Waals surface area (Å²) in [6, 6.07) is 13.7. The average molecular weight is 348 g/mol. The molecule has 2 aromatic carbocycles. The number of fused-ring (bicyclic) bond motifs is 1. The molecule has 1 aliphatic heterocycles. The first-order valence-corrected chi connectivity index (χ1v) is 8.67. The van der Waals surface area contributed by atoms with Crippen LogP contribution in [0.4, 0.5) is 11.5 Å². The summed E-state index contributed by atoms with van der Waals surface area (Å²) < 4.78 is 5.41. The fourth-order valence-electron chi connectivity index (χ4n) is 3.15. The summed E-state index contributed by atoms with van der Waals surface area (Å²) >= 11 is 0. The summed E-state index contributed by atoms with van der Waals surface area (Å²) in [6.07, 6.45) is 1.82. The molecule has 0 radical (unpaired) electrons. The lowest BCUT2D eigenvalue weighted by Gasteiger charge is -2.27. The molecule has 1 saturated heterocycles. The molecule has 0 unspecified atom stereocenters. The van der Waals surface area contributed by atoms with Crippen molar-refractivity contribution in [3.8, 4) is 11.1 Å². The summed E-state index contributed by atoms with van der Waals surface area (Å²) in [5.74, 6) is 0.778. The van der Waals surface area contributed by atoms with Crippen LogP contribution in [0.3, 0.4) is 0 Å². The Morgan fingerprint density at radius 1 is 1.12 bits per heavy atom. The number of ether oxygens (including phenoxy) is 1. The fraction of sp³-hybridized carbons (Fsp3) is 0.250. The Hall–Kier alpha value is -2.99. The Labute approximate surface area is 151 Å². The minimum atomic E-state index is -0.0902. The normalized spacial score (nSPS) is 14.4. The molecule has 1 aromatic heterocycles. The van der Waals surface area contributed by atoms with Crippen molar-refractivity contribution in [1.29, 1.82) is 0 Å². The number of hydrogen-bond acceptors (Lipinski definition) is 5. The van der Waals surface area contributed by atoms with Crippen LogP contribution in [0.2, 0.25) is 0 Å². The zero-order valence-corrected chi connectivity index (χ0v) is 14.6. The van der Waals surface area contributed by atoms with Gasteiger partial charge >= 0.3 is 0 Å². The smallest absolute Gasteiger partial charge is 0.221 e. The number of anilines is 2. The number of morpholine rings is 1. The fourth-order valence-corrected chi connectivity index (χ4v) is 3.15. The van der Waals surface area contributed by atoms with Crippen molar-refractivity contribution in [1.82, 2.24) is 9.97 Å². The number of nitrogens with zero attached hydrogens (tertiary/aromatic N) is 3. The summed E-state index contributed by atoms with van der Waals surface area (Å²) in [5, 5.41) is 2.89. The Bertz CT molecular complexity index is 951. The number of benzene rings is 2. The first-order chi connectivity index (χ1) is 12.7. The number of aromatic nitrogens is 2. The van der Waals surface area contributed by atoms with Crippen LogP contribution in [0.1, 0.15) is 6.92 Å². The van der Waals surface area contributed by atoms with E-state index in [9.17, 15) is 4.79 Å². The van der Waals surface area contributed by atoms with Crippen LogP contribution < -0.4 is 10.2 Å². The van der Waals surface area contributed by atoms with Crippen molar-refractivity contribution in [2.24, 2.45) is 0 Å². The summed E-state index contributed by atoms with van der Waals surface area (Å²) in [4.78, 5) is 23.0. The van der Waals surface area contributed by atoms with Crippen LogP contribution in [0.5, 0.6) is 0 Å². The number of hydrogen-bond donors (Lipinski definition) is 1. The highest BCUT2D eigenvalue weighted by molar-refractivity contribution is 5.95. The van der Waals surface area contributed by atoms with Gasteiger partial charge in [0.25, 0.3) is 0 Å². The van der Waals surface area contributed by atoms with Gasteiger partial charge in [0.2, 0.25) is 5.91 Å². The van der Waals surface area contributed by atoms with Gasteiger partial charge in [0.05, 0.1) is 30.4 Å². The molecule has 1 N–H and O–H groups in total. The molecule has 4 rings (SSSR count). The maximum atomic E-state index is 11.5. The molecule has 26 heavy (non-hydrogen) atoms. The second-order valence-corrected chi connectivity index (χ2v) is 6.26. The molecule has 132 valence electrons. The lowest BCUT2D eigenvalue weighted by molar-refractivity contribution is -0.114. The molecule has 0 atom stereocenters. The van der Waals surface area contributed by atoms with E-state index in [2.05, 4.69) is 15.2 Å². The molecule has 3 aromatic rings. The minimum absolute atomic E-state index is 0.0902. The molecule has 0 bridgehead atoms. The van der Waals surface area contributed by atoms with E-state index >= 15 is 0 Å². The van der Waals surface area contributed by atoms with Gasteiger partial charge in [0.1, 0.15) is 5.82 Å². The van der Waals surface area contributed by atoms with Gasteiger partial charge < -0.3 is 15.0 Å². The third-order valence-corrected chi connectivity index (χ3v) is 4.41. The lowest BCUT2D eigenvalue weighted by Crippen LogP contribution is -2.36. The van der Waals surface area contributed by atoms with E-state index in [0.29, 0.717) is 13.2 Å². The van der Waals surface area contributed by atoms with Crippen molar-refractivity contribution < 1.29 is 9.53 Å². The molecule has 1 amide bonds. The number of nitrogens with one attached hydrogen (secondary N) is 1. The van der Waals surface area contributed by atoms with Crippen LogP contribution in [0, 0.1) is 0 Å². The SMILES string of the molecule is CC(=O)Nc1ccccc1-c1ccc2ncc(N3CCOCC3)nc2c1. The van der Waals surface area contributed by atoms with Crippen LogP contribution in [-0.2, 0) is 9.53 Å². The van der Waals surface area contributed by atoms with E-state index < -0.39 is 0 Å². The van der Waals surface area contributed by atoms with Gasteiger partial charge in [-0.3, -0.25) is 9.78 Å². The number of amides is 1. The van der Waals surface area contributed by atoms with Crippen molar-refractivity contribution in [3.63, 3.8) is 0 Å². The Morgan fingerprint density at radius 2 is 1.92 bits per heavy atom. The number of carbonyl (C=O) groups excluding carboxylic acids is 1. The largest absolute Gasteiger partial charge is 0.378 e. The van der Waals surface area contributed by atoms with Gasteiger partial charge in [-0.2, -0.15) is 0 Å². The summed E-state index contributed by atoms with van der Waals surface area (Å²) in [6.45, 7) is 4.58. The van der Waals surface area contributed by atoms with Gasteiger partial charge in [-0.05, 0) is 23.8 Å². The van der Waals surface area contributed by atoms with Gasteiger partial charge in [0, 0.05) is 31.3 Å². The van der Waals surface area contributed by atoms with Gasteiger partial charge in [0.15, 0.2) is 0 Å². The maximum Gasteiger partial charge on any atom is 0.221 e. The third-order valence-electron chi connectivity index (χ3n) is 4.41. The monoisotopic (exact) mass is 348 g/mol. The molecule has 6 nitrogen and oxygen atoms in total. The molecule has 0 spiro atoms. The number of rotatable bonds is 3. The van der Waals surface area contributed by atoms with Gasteiger partial charge in [-0.15, -0.1) is 0 Å². The molecular formula is C20H20N4O2. The van der Waals surface area contributed by atoms with E-state index in [0.717, 1.165) is 46.8 Å². The second kappa shape index (κ2) is 7.09. The van der Waals surface area contributed by atoms with Gasteiger partial charge in [-0.1, -0.05) is 24.3 Å². The molecule has 1 fully saturated rings. The highest BCUT2D eigenvalue weighted by Gasteiger charge is 2.14. The molecule has 0 saturated carbocycles. The van der Waals surface area contributed by atoms with Crippen LogP contribution in [0.15, 0.2) is 48.7 Å². The minimum Gasteiger partial charge on any atom is -0.378 e. The lowest BCUT2D eigenvalue weighted by atomic mass is 10.0. The second-order valence-electron chi connectivity index (χ2n) is 6.26. The van der Waals surface area contributed by atoms with Crippen LogP contribution in [-0.4, -0.2) is 42.2 Å².